The first kappa shape index (κ1) is 27.1. The number of rotatable bonds is 2. The molecule has 9 rings (SSSR count). The molecule has 9 aromatic rings. The van der Waals surface area contributed by atoms with E-state index in [1.165, 1.54) is 38.2 Å². The lowest BCUT2D eigenvalue weighted by molar-refractivity contribution is 1.38. The molecule has 0 unspecified atom stereocenters. The molecule has 0 fully saturated rings. The van der Waals surface area contributed by atoms with Crippen LogP contribution in [0.1, 0.15) is 0 Å². The number of aromatic nitrogens is 1. The number of nitrogens with zero attached hydrogens (tertiary/aromatic N) is 1. The van der Waals surface area contributed by atoms with Crippen molar-refractivity contribution in [2.24, 2.45) is 0 Å². The molecule has 0 aliphatic rings. The average molecular weight is 568 g/mol. The smallest absolute Gasteiger partial charge is 0.113 e. The summed E-state index contributed by atoms with van der Waals surface area (Å²) in [7, 11) is 45.5. The maximum atomic E-state index is 6.77. The van der Waals surface area contributed by atoms with E-state index in [2.05, 4.69) is 83.3 Å². The molecule has 3 aromatic heterocycles. The van der Waals surface area contributed by atoms with E-state index in [1.54, 1.807) is 11.3 Å². The Bertz CT molecular complexity index is 2720. The highest BCUT2D eigenvalue weighted by molar-refractivity contribution is 7.22. The lowest BCUT2D eigenvalue weighted by Crippen LogP contribution is -2.52. The van der Waals surface area contributed by atoms with Crippen molar-refractivity contribution in [1.29, 1.82) is 0 Å². The molecule has 1 nitrogen and oxygen atoms in total. The third kappa shape index (κ3) is 3.43. The minimum absolute atomic E-state index is 0.171. The first-order chi connectivity index (χ1) is 21.8. The number of para-hydroxylation sites is 1. The second kappa shape index (κ2) is 9.41. The molecular weight excluding hydrogens is 554 g/mol. The van der Waals surface area contributed by atoms with Crippen LogP contribution in [0.3, 0.4) is 0 Å². The third-order valence-corrected chi connectivity index (χ3v) is 10.5. The molecule has 190 valence electrons. The van der Waals surface area contributed by atoms with Gasteiger partial charge in [-0.3, -0.25) is 4.40 Å². The zero-order valence-electron chi connectivity index (χ0n) is 24.0. The van der Waals surface area contributed by atoms with Crippen molar-refractivity contribution >= 4 is 163 Å². The van der Waals surface area contributed by atoms with Gasteiger partial charge in [0.2, 0.25) is 0 Å². The van der Waals surface area contributed by atoms with Crippen LogP contribution in [0.25, 0.3) is 80.5 Å². The molecule has 0 aliphatic heterocycles. The van der Waals surface area contributed by atoms with E-state index in [9.17, 15) is 0 Å². The van der Waals surface area contributed by atoms with Crippen LogP contribution in [-0.2, 0) is 0 Å². The van der Waals surface area contributed by atoms with Crippen LogP contribution in [0.2, 0.25) is 0 Å². The van der Waals surface area contributed by atoms with Crippen molar-refractivity contribution in [2.75, 3.05) is 0 Å². The standard InChI is InChI=1S/C36H14B7NS/c37-28-25(26-27(30(39)32(28)41)31(40)34(43)33(42)29(26)38)22-14-20-17-11-6-9-16-13-19(15-7-2-1-3-8-15)24-18-10-4-5-12-21(18)44(36(20)45-22)35(24)23(16)17/h1-14H. The van der Waals surface area contributed by atoms with E-state index in [0.29, 0.717) is 21.8 Å². The number of pyridine rings is 1. The molecule has 45 heavy (non-hydrogen) atoms. The summed E-state index contributed by atoms with van der Waals surface area (Å²) in [4.78, 5) is 1.93. The van der Waals surface area contributed by atoms with Crippen LogP contribution < -0.4 is 38.2 Å². The highest BCUT2D eigenvalue weighted by Gasteiger charge is 2.25. The molecule has 0 aliphatic carbocycles. The molecule has 0 saturated carbocycles. The van der Waals surface area contributed by atoms with Crippen LogP contribution in [0.15, 0.2) is 84.9 Å². The molecule has 14 radical (unpaired) electrons. The SMILES string of the molecule is [B]c1c([B])c([B])c2c(-c3cc4c5cccc6cc(-c7ccccc7)c7c8ccccc8n(c4s3)c7c65)c([B])c([B])c([B])c2c1[B]. The topological polar surface area (TPSA) is 4.41 Å². The van der Waals surface area contributed by atoms with Gasteiger partial charge in [0.1, 0.15) is 59.8 Å². The van der Waals surface area contributed by atoms with Crippen molar-refractivity contribution in [3.8, 4) is 21.6 Å². The van der Waals surface area contributed by atoms with Gasteiger partial charge in [0.05, 0.1) is 11.0 Å². The molecule has 0 N–H and O–H groups in total. The summed E-state index contributed by atoms with van der Waals surface area (Å²) < 4.78 is 2.39. The summed E-state index contributed by atoms with van der Waals surface area (Å²) >= 11 is 1.62. The largest absolute Gasteiger partial charge is 0.299 e. The predicted molar refractivity (Wildman–Crippen MR) is 203 cm³/mol. The second-order valence-electron chi connectivity index (χ2n) is 11.6. The van der Waals surface area contributed by atoms with E-state index in [4.69, 9.17) is 54.9 Å². The molecule has 6 aromatic carbocycles. The molecule has 9 heteroatoms. The Morgan fingerprint density at radius 2 is 1.13 bits per heavy atom. The second-order valence-corrected chi connectivity index (χ2v) is 12.7. The van der Waals surface area contributed by atoms with Gasteiger partial charge in [-0.1, -0.05) is 88.6 Å². The van der Waals surface area contributed by atoms with E-state index in [1.807, 2.05) is 6.07 Å². The molecule has 0 amide bonds. The molecule has 0 bridgehead atoms. The van der Waals surface area contributed by atoms with E-state index in [0.717, 1.165) is 26.0 Å². The summed E-state index contributed by atoms with van der Waals surface area (Å²) in [6, 6.07) is 30.1. The van der Waals surface area contributed by atoms with Crippen molar-refractivity contribution in [3.05, 3.63) is 84.9 Å². The van der Waals surface area contributed by atoms with Gasteiger partial charge in [0.25, 0.3) is 0 Å². The van der Waals surface area contributed by atoms with Crippen LogP contribution in [0.4, 0.5) is 0 Å². The normalized spacial score (nSPS) is 12.2. The minimum atomic E-state index is 0.171. The quantitative estimate of drug-likeness (QED) is 0.282. The van der Waals surface area contributed by atoms with Crippen molar-refractivity contribution in [1.82, 2.24) is 4.40 Å². The molecule has 0 saturated heterocycles. The number of benzene rings is 6. The van der Waals surface area contributed by atoms with E-state index >= 15 is 0 Å². The molecule has 0 spiro atoms. The summed E-state index contributed by atoms with van der Waals surface area (Å²) in [6.45, 7) is 0. The van der Waals surface area contributed by atoms with Crippen molar-refractivity contribution < 1.29 is 0 Å². The maximum Gasteiger partial charge on any atom is 0.113 e. The van der Waals surface area contributed by atoms with Crippen molar-refractivity contribution in [3.63, 3.8) is 0 Å². The lowest BCUT2D eigenvalue weighted by atomic mass is 9.59. The van der Waals surface area contributed by atoms with Gasteiger partial charge >= 0.3 is 0 Å². The monoisotopic (exact) mass is 569 g/mol. The molecular formula is C36H14B7NS. The summed E-state index contributed by atoms with van der Waals surface area (Å²) in [5.41, 5.74) is 6.94. The van der Waals surface area contributed by atoms with E-state index in [-0.39, 0.29) is 32.8 Å². The first-order valence-corrected chi connectivity index (χ1v) is 15.3. The Morgan fingerprint density at radius 1 is 0.489 bits per heavy atom. The lowest BCUT2D eigenvalue weighted by Gasteiger charge is -2.24. The fraction of sp³-hybridized carbons (Fsp3) is 0. The zero-order chi connectivity index (χ0) is 30.9. The van der Waals surface area contributed by atoms with Crippen LogP contribution in [-0.4, -0.2) is 59.3 Å². The van der Waals surface area contributed by atoms with Crippen LogP contribution >= 0.6 is 11.3 Å². The van der Waals surface area contributed by atoms with Gasteiger partial charge in [-0.25, -0.2) is 0 Å². The average Bonchev–Trinajstić information content (AvgIpc) is 3.65. The van der Waals surface area contributed by atoms with Gasteiger partial charge in [-0.15, -0.1) is 27.7 Å². The Hall–Kier alpha value is -4.21. The Kier molecular flexibility index (Phi) is 5.67. The summed E-state index contributed by atoms with van der Waals surface area (Å²) in [6.07, 6.45) is 0. The molecule has 0 atom stereocenters. The predicted octanol–water partition coefficient (Wildman–Crippen LogP) is 2.10. The van der Waals surface area contributed by atoms with E-state index < -0.39 is 0 Å². The fourth-order valence-corrected chi connectivity index (χ4v) is 8.51. The number of hydrogen-bond donors (Lipinski definition) is 0. The van der Waals surface area contributed by atoms with Gasteiger partial charge in [-0.2, -0.15) is 0 Å². The number of fused-ring (bicyclic) bond motifs is 7. The van der Waals surface area contributed by atoms with Crippen molar-refractivity contribution in [2.45, 2.75) is 0 Å². The van der Waals surface area contributed by atoms with Gasteiger partial charge in [0.15, 0.2) is 0 Å². The Balaban J connectivity index is 1.51. The van der Waals surface area contributed by atoms with Crippen LogP contribution in [0, 0.1) is 0 Å². The number of thiophene rings is 1. The summed E-state index contributed by atoms with van der Waals surface area (Å²) in [5, 5.41) is 8.02. The highest BCUT2D eigenvalue weighted by atomic mass is 32.1. The maximum absolute atomic E-state index is 6.77. The molecule has 3 heterocycles. The van der Waals surface area contributed by atoms with Crippen LogP contribution in [0.5, 0.6) is 0 Å². The third-order valence-electron chi connectivity index (χ3n) is 9.34. The summed E-state index contributed by atoms with van der Waals surface area (Å²) in [5.74, 6) is 0. The highest BCUT2D eigenvalue weighted by Crippen LogP contribution is 2.48. The first-order valence-electron chi connectivity index (χ1n) is 14.5. The van der Waals surface area contributed by atoms with Gasteiger partial charge < -0.3 is 0 Å². The number of hydrogen-bond acceptors (Lipinski definition) is 1. The fourth-order valence-electron chi connectivity index (χ4n) is 7.25. The van der Waals surface area contributed by atoms with Gasteiger partial charge in [-0.05, 0) is 56.4 Å². The Morgan fingerprint density at radius 3 is 1.89 bits per heavy atom. The zero-order valence-corrected chi connectivity index (χ0v) is 24.8. The van der Waals surface area contributed by atoms with Gasteiger partial charge in [0, 0.05) is 26.4 Å². The Labute approximate surface area is 273 Å². The minimum Gasteiger partial charge on any atom is -0.299 e.